The first-order valence-corrected chi connectivity index (χ1v) is 21.9. The van der Waals surface area contributed by atoms with E-state index in [1.54, 1.807) is 0 Å². The molecular formula is C57H43NOS. The fourth-order valence-corrected chi connectivity index (χ4v) is 10.7. The van der Waals surface area contributed by atoms with Gasteiger partial charge in [0.15, 0.2) is 0 Å². The van der Waals surface area contributed by atoms with Gasteiger partial charge in [-0.15, -0.1) is 11.3 Å². The summed E-state index contributed by atoms with van der Waals surface area (Å²) >= 11 is 1.89. The van der Waals surface area contributed by atoms with Gasteiger partial charge in [0.05, 0.1) is 5.70 Å². The van der Waals surface area contributed by atoms with E-state index >= 15 is 0 Å². The molecular weight excluding hydrogens is 747 g/mol. The highest BCUT2D eigenvalue weighted by Gasteiger charge is 2.25. The minimum absolute atomic E-state index is 0.183. The van der Waals surface area contributed by atoms with Crippen molar-refractivity contribution in [3.8, 4) is 22.3 Å². The molecule has 60 heavy (non-hydrogen) atoms. The zero-order chi connectivity index (χ0) is 40.2. The Labute approximate surface area is 354 Å². The van der Waals surface area contributed by atoms with Gasteiger partial charge < -0.3 is 4.42 Å². The van der Waals surface area contributed by atoms with Crippen LogP contribution in [-0.4, -0.2) is 5.71 Å². The maximum Gasteiger partial charge on any atom is 0.143 e. The van der Waals surface area contributed by atoms with E-state index in [4.69, 9.17) is 9.41 Å². The molecule has 8 aromatic carbocycles. The molecule has 2 aromatic heterocycles. The first-order valence-electron chi connectivity index (χ1n) is 21.1. The third-order valence-corrected chi connectivity index (χ3v) is 13.6. The summed E-state index contributed by atoms with van der Waals surface area (Å²) in [6, 6.07) is 63.7. The fourth-order valence-electron chi connectivity index (χ4n) is 9.59. The second-order valence-electron chi connectivity index (χ2n) is 16.0. The molecule has 1 atom stereocenters. The van der Waals surface area contributed by atoms with Gasteiger partial charge in [-0.05, 0) is 101 Å². The number of allylic oxidation sites excluding steroid dienone is 3. The molecule has 0 saturated heterocycles. The lowest BCUT2D eigenvalue weighted by molar-refractivity contribution is 0.670. The highest BCUT2D eigenvalue weighted by Crippen LogP contribution is 2.46. The van der Waals surface area contributed by atoms with Gasteiger partial charge in [0.1, 0.15) is 11.2 Å². The summed E-state index contributed by atoms with van der Waals surface area (Å²) in [5.74, 6) is 0.183. The highest BCUT2D eigenvalue weighted by molar-refractivity contribution is 7.25. The van der Waals surface area contributed by atoms with Crippen molar-refractivity contribution < 1.29 is 4.42 Å². The van der Waals surface area contributed by atoms with E-state index in [1.807, 2.05) is 11.3 Å². The predicted octanol–water partition coefficient (Wildman–Crippen LogP) is 16.6. The quantitative estimate of drug-likeness (QED) is 0.165. The summed E-state index contributed by atoms with van der Waals surface area (Å²) in [7, 11) is 0. The summed E-state index contributed by atoms with van der Waals surface area (Å²) in [5.41, 5.74) is 14.9. The molecule has 1 unspecified atom stereocenters. The van der Waals surface area contributed by atoms with Crippen LogP contribution in [0.3, 0.4) is 0 Å². The maximum absolute atomic E-state index is 6.82. The van der Waals surface area contributed by atoms with E-state index in [9.17, 15) is 0 Å². The smallest absolute Gasteiger partial charge is 0.143 e. The third kappa shape index (κ3) is 6.20. The Balaban J connectivity index is 1.11. The summed E-state index contributed by atoms with van der Waals surface area (Å²) in [5, 5.41) is 7.40. The van der Waals surface area contributed by atoms with Crippen LogP contribution >= 0.6 is 11.3 Å². The Kier molecular flexibility index (Phi) is 9.13. The number of benzene rings is 8. The number of thiophene rings is 1. The minimum atomic E-state index is 0.183. The van der Waals surface area contributed by atoms with Crippen LogP contribution in [0.1, 0.15) is 49.8 Å². The monoisotopic (exact) mass is 789 g/mol. The minimum Gasteiger partial charge on any atom is -0.455 e. The Hall–Kier alpha value is -6.81. The molecule has 3 heteroatoms. The zero-order valence-electron chi connectivity index (χ0n) is 33.8. The molecule has 0 spiro atoms. The van der Waals surface area contributed by atoms with Crippen LogP contribution in [0.4, 0.5) is 0 Å². The van der Waals surface area contributed by atoms with Gasteiger partial charge in [0.25, 0.3) is 0 Å². The Bertz CT molecular complexity index is 3380. The van der Waals surface area contributed by atoms with Gasteiger partial charge in [-0.2, -0.15) is 0 Å². The summed E-state index contributed by atoms with van der Waals surface area (Å²) in [6.45, 7) is 4.69. The molecule has 0 aliphatic carbocycles. The van der Waals surface area contributed by atoms with Crippen molar-refractivity contribution in [2.45, 2.75) is 33.1 Å². The lowest BCUT2D eigenvalue weighted by Crippen LogP contribution is -2.05. The Morgan fingerprint density at radius 3 is 2.12 bits per heavy atom. The first-order chi connectivity index (χ1) is 29.6. The second-order valence-corrected chi connectivity index (χ2v) is 17.1. The third-order valence-electron chi connectivity index (χ3n) is 12.5. The van der Waals surface area contributed by atoms with Crippen molar-refractivity contribution in [3.05, 3.63) is 204 Å². The fraction of sp³-hybridized carbons (Fsp3) is 0.105. The van der Waals surface area contributed by atoms with Crippen molar-refractivity contribution in [2.24, 2.45) is 10.9 Å². The van der Waals surface area contributed by atoms with Gasteiger partial charge >= 0.3 is 0 Å². The number of furan rings is 1. The predicted molar refractivity (Wildman–Crippen MR) is 258 cm³/mol. The van der Waals surface area contributed by atoms with E-state index in [-0.39, 0.29) is 5.92 Å². The number of hydrogen-bond donors (Lipinski definition) is 0. The van der Waals surface area contributed by atoms with Crippen LogP contribution < -0.4 is 0 Å². The van der Waals surface area contributed by atoms with Crippen molar-refractivity contribution in [1.29, 1.82) is 0 Å². The van der Waals surface area contributed by atoms with E-state index in [0.29, 0.717) is 0 Å². The maximum atomic E-state index is 6.82. The van der Waals surface area contributed by atoms with Crippen LogP contribution in [0, 0.1) is 5.92 Å². The molecule has 288 valence electrons. The summed E-state index contributed by atoms with van der Waals surface area (Å²) in [6.07, 6.45) is 5.13. The lowest BCUT2D eigenvalue weighted by Gasteiger charge is -2.21. The van der Waals surface area contributed by atoms with Crippen LogP contribution in [0.15, 0.2) is 197 Å². The number of nitrogens with zero attached hydrogens (tertiary/aromatic N) is 1. The van der Waals surface area contributed by atoms with E-state index in [0.717, 1.165) is 86.0 Å². The zero-order valence-corrected chi connectivity index (χ0v) is 34.6. The van der Waals surface area contributed by atoms with Crippen LogP contribution in [0.5, 0.6) is 0 Å². The normalized spacial score (nSPS) is 15.9. The summed E-state index contributed by atoms with van der Waals surface area (Å²) in [4.78, 5) is 5.74. The van der Waals surface area contributed by atoms with E-state index in [1.165, 1.54) is 47.7 Å². The highest BCUT2D eigenvalue weighted by atomic mass is 32.1. The van der Waals surface area contributed by atoms with Crippen molar-refractivity contribution >= 4 is 81.2 Å². The molecule has 0 bridgehead atoms. The Morgan fingerprint density at radius 2 is 1.25 bits per heavy atom. The topological polar surface area (TPSA) is 25.5 Å². The number of hydrogen-bond acceptors (Lipinski definition) is 3. The molecule has 2 nitrogen and oxygen atoms in total. The molecule has 1 aliphatic heterocycles. The number of rotatable bonds is 6. The van der Waals surface area contributed by atoms with Crippen LogP contribution in [0.25, 0.3) is 86.4 Å². The van der Waals surface area contributed by atoms with Gasteiger partial charge in [-0.1, -0.05) is 164 Å². The molecule has 0 amide bonds. The molecule has 0 saturated carbocycles. The second kappa shape index (κ2) is 15.1. The number of para-hydroxylation sites is 1. The van der Waals surface area contributed by atoms with Crippen molar-refractivity contribution in [1.82, 2.24) is 0 Å². The molecule has 0 N–H and O–H groups in total. The van der Waals surface area contributed by atoms with E-state index < -0.39 is 0 Å². The molecule has 10 aromatic rings. The largest absolute Gasteiger partial charge is 0.455 e. The molecule has 11 rings (SSSR count). The molecule has 1 aliphatic rings. The van der Waals surface area contributed by atoms with E-state index in [2.05, 4.69) is 196 Å². The van der Waals surface area contributed by atoms with Crippen LogP contribution in [-0.2, 0) is 0 Å². The standard InChI is InChI=1S/C57H43NOS/c1-3-37-35-50(39-17-5-4-6-18-39)58-49(33-28-36(2)54(37)48-24-15-27-53-55(48)47-23-12-14-26-52(47)60-53)44-21-10-9-20-43(44)45-32-31-42(41-30-29-38-16-7-8-19-40(38)34-41)57-56(45)46-22-11-13-25-51(46)59-57/h4-27,29-32,34-35,37H,3,28,33H2,1-2H3/b50-35-,54-36?,58-49?. The SMILES string of the molecule is CCC1/C=C(/c2ccccc2)N=C(c2ccccc2-c2ccc(-c3ccc4ccccc4c3)c3oc4ccccc4c23)CCC(C)=C1c1cccc2sc3ccccc3c12. The summed E-state index contributed by atoms with van der Waals surface area (Å²) < 4.78 is 9.50. The van der Waals surface area contributed by atoms with Crippen molar-refractivity contribution in [2.75, 3.05) is 0 Å². The van der Waals surface area contributed by atoms with Gasteiger partial charge in [0, 0.05) is 53.7 Å². The number of fused-ring (bicyclic) bond motifs is 7. The van der Waals surface area contributed by atoms with Gasteiger partial charge in [0.2, 0.25) is 0 Å². The average molecular weight is 790 g/mol. The first kappa shape index (κ1) is 36.3. The average Bonchev–Trinajstić information content (AvgIpc) is 3.90. The Morgan fingerprint density at radius 1 is 0.550 bits per heavy atom. The van der Waals surface area contributed by atoms with Gasteiger partial charge in [-0.3, -0.25) is 4.99 Å². The number of aliphatic imine (C=N–C) groups is 1. The molecule has 0 radical (unpaired) electrons. The van der Waals surface area contributed by atoms with Gasteiger partial charge in [-0.25, -0.2) is 0 Å². The van der Waals surface area contributed by atoms with Crippen molar-refractivity contribution in [3.63, 3.8) is 0 Å². The molecule has 3 heterocycles. The lowest BCUT2D eigenvalue weighted by atomic mass is 9.83. The van der Waals surface area contributed by atoms with Crippen LogP contribution in [0.2, 0.25) is 0 Å². The molecule has 0 fully saturated rings.